The Morgan fingerprint density at radius 1 is 1.15 bits per heavy atom. The summed E-state index contributed by atoms with van der Waals surface area (Å²) in [4.78, 5) is 14.1. The second-order valence-corrected chi connectivity index (χ2v) is 7.81. The minimum absolute atomic E-state index is 0.214. The number of likely N-dealkylation sites (tertiary alicyclic amines) is 1. The molecule has 1 heterocycles. The molecule has 0 aromatic heterocycles. The van der Waals surface area contributed by atoms with Gasteiger partial charge in [0.05, 0.1) is 4.90 Å². The molecule has 1 fully saturated rings. The summed E-state index contributed by atoms with van der Waals surface area (Å²) in [5.74, 6) is 0.146. The van der Waals surface area contributed by atoms with E-state index in [1.54, 1.807) is 23.1 Å². The Morgan fingerprint density at radius 2 is 1.70 bits per heavy atom. The van der Waals surface area contributed by atoms with Crippen LogP contribution >= 0.6 is 0 Å². The topological polar surface area (TPSA) is 54.5 Å². The van der Waals surface area contributed by atoms with Crippen molar-refractivity contribution in [3.8, 4) is 0 Å². The first-order valence-electron chi connectivity index (χ1n) is 6.94. The lowest BCUT2D eigenvalue weighted by molar-refractivity contribution is -0.131. The van der Waals surface area contributed by atoms with E-state index in [4.69, 9.17) is 0 Å². The number of hydrogen-bond donors (Lipinski definition) is 0. The molecule has 5 heteroatoms. The van der Waals surface area contributed by atoms with E-state index in [9.17, 15) is 13.2 Å². The van der Waals surface area contributed by atoms with E-state index >= 15 is 0 Å². The molecule has 0 unspecified atom stereocenters. The third-order valence-electron chi connectivity index (χ3n) is 3.64. The minimum atomic E-state index is -3.54. The molecule has 4 nitrogen and oxygen atoms in total. The van der Waals surface area contributed by atoms with Crippen LogP contribution in [0.25, 0.3) is 0 Å². The van der Waals surface area contributed by atoms with Crippen molar-refractivity contribution in [2.45, 2.75) is 25.2 Å². The van der Waals surface area contributed by atoms with Crippen LogP contribution < -0.4 is 0 Å². The molecule has 0 aliphatic carbocycles. The highest BCUT2D eigenvalue weighted by atomic mass is 32.2. The van der Waals surface area contributed by atoms with Crippen molar-refractivity contribution in [3.63, 3.8) is 0 Å². The number of nitrogens with zero attached hydrogens (tertiary/aromatic N) is 1. The van der Waals surface area contributed by atoms with Crippen LogP contribution in [0.4, 0.5) is 0 Å². The first-order valence-corrected chi connectivity index (χ1v) is 8.59. The predicted molar refractivity (Wildman–Crippen MR) is 78.0 cm³/mol. The standard InChI is InChI=1S/C15H21NO3S/c1-12-8-13(2)10-16(9-12)15(17)11-20(18,19)14-6-4-3-5-7-14/h3-7,12-13H,8-11H2,1-2H3/t12-,13-/m0/s1. The van der Waals surface area contributed by atoms with Crippen molar-refractivity contribution < 1.29 is 13.2 Å². The molecule has 110 valence electrons. The van der Waals surface area contributed by atoms with Gasteiger partial charge in [0.2, 0.25) is 5.91 Å². The van der Waals surface area contributed by atoms with Crippen LogP contribution in [0.3, 0.4) is 0 Å². The third-order valence-corrected chi connectivity index (χ3v) is 5.25. The Balaban J connectivity index is 2.08. The van der Waals surface area contributed by atoms with Crippen molar-refractivity contribution in [2.24, 2.45) is 11.8 Å². The van der Waals surface area contributed by atoms with E-state index in [2.05, 4.69) is 13.8 Å². The first-order chi connectivity index (χ1) is 9.38. The van der Waals surface area contributed by atoms with Gasteiger partial charge in [-0.3, -0.25) is 4.79 Å². The zero-order chi connectivity index (χ0) is 14.8. The monoisotopic (exact) mass is 295 g/mol. The lowest BCUT2D eigenvalue weighted by atomic mass is 9.92. The van der Waals surface area contributed by atoms with Crippen molar-refractivity contribution in [3.05, 3.63) is 30.3 Å². The molecule has 0 spiro atoms. The fraction of sp³-hybridized carbons (Fsp3) is 0.533. The summed E-state index contributed by atoms with van der Waals surface area (Å²) in [5, 5.41) is 0. The largest absolute Gasteiger partial charge is 0.341 e. The van der Waals surface area contributed by atoms with Crippen molar-refractivity contribution >= 4 is 15.7 Å². The average Bonchev–Trinajstić information content (AvgIpc) is 2.38. The highest BCUT2D eigenvalue weighted by Gasteiger charge is 2.28. The van der Waals surface area contributed by atoms with Crippen LogP contribution in [0.15, 0.2) is 35.2 Å². The molecule has 1 amide bonds. The van der Waals surface area contributed by atoms with Gasteiger partial charge in [0.25, 0.3) is 0 Å². The molecule has 0 radical (unpaired) electrons. The van der Waals surface area contributed by atoms with Crippen molar-refractivity contribution in [1.82, 2.24) is 4.90 Å². The van der Waals surface area contributed by atoms with Gasteiger partial charge in [-0.15, -0.1) is 0 Å². The van der Waals surface area contributed by atoms with E-state index in [1.807, 2.05) is 0 Å². The smallest absolute Gasteiger partial charge is 0.238 e. The number of amides is 1. The molecule has 0 N–H and O–H groups in total. The van der Waals surface area contributed by atoms with E-state index in [1.165, 1.54) is 12.1 Å². The van der Waals surface area contributed by atoms with Crippen LogP contribution in [0, 0.1) is 11.8 Å². The molecule has 0 bridgehead atoms. The third kappa shape index (κ3) is 3.60. The Hall–Kier alpha value is -1.36. The Kier molecular flexibility index (Phi) is 4.48. The molecule has 2 rings (SSSR count). The lowest BCUT2D eigenvalue weighted by Crippen LogP contribution is -2.44. The molecule has 1 saturated heterocycles. The van der Waals surface area contributed by atoms with Gasteiger partial charge in [0.1, 0.15) is 5.75 Å². The summed E-state index contributed by atoms with van der Waals surface area (Å²) in [5.41, 5.74) is 0. The molecule has 1 aromatic carbocycles. The number of rotatable bonds is 3. The normalized spacial score (nSPS) is 23.6. The van der Waals surface area contributed by atoms with Crippen molar-refractivity contribution in [1.29, 1.82) is 0 Å². The van der Waals surface area contributed by atoms with Crippen LogP contribution in [0.2, 0.25) is 0 Å². The molecular formula is C15H21NO3S. The molecule has 20 heavy (non-hydrogen) atoms. The Morgan fingerprint density at radius 3 is 2.25 bits per heavy atom. The van der Waals surface area contributed by atoms with Crippen LogP contribution in [-0.2, 0) is 14.6 Å². The Labute approximate surface area is 120 Å². The van der Waals surface area contributed by atoms with Gasteiger partial charge < -0.3 is 4.90 Å². The quantitative estimate of drug-likeness (QED) is 0.856. The second kappa shape index (κ2) is 5.95. The van der Waals surface area contributed by atoms with Crippen LogP contribution in [0.1, 0.15) is 20.3 Å². The highest BCUT2D eigenvalue weighted by Crippen LogP contribution is 2.21. The summed E-state index contributed by atoms with van der Waals surface area (Å²) in [6, 6.07) is 8.16. The summed E-state index contributed by atoms with van der Waals surface area (Å²) >= 11 is 0. The minimum Gasteiger partial charge on any atom is -0.341 e. The number of carbonyl (C=O) groups is 1. The van der Waals surface area contributed by atoms with Gasteiger partial charge in [0, 0.05) is 13.1 Å². The molecule has 2 atom stereocenters. The zero-order valence-corrected chi connectivity index (χ0v) is 12.8. The van der Waals surface area contributed by atoms with Gasteiger partial charge in [-0.25, -0.2) is 8.42 Å². The first kappa shape index (κ1) is 15.0. The second-order valence-electron chi connectivity index (χ2n) is 5.82. The predicted octanol–water partition coefficient (Wildman–Crippen LogP) is 1.96. The number of carbonyl (C=O) groups excluding carboxylic acids is 1. The van der Waals surface area contributed by atoms with E-state index < -0.39 is 15.6 Å². The van der Waals surface area contributed by atoms with Gasteiger partial charge in [0.15, 0.2) is 9.84 Å². The number of piperidine rings is 1. The summed E-state index contributed by atoms with van der Waals surface area (Å²) in [6.45, 7) is 5.52. The van der Waals surface area contributed by atoms with Gasteiger partial charge in [-0.05, 0) is 30.4 Å². The van der Waals surface area contributed by atoms with Crippen molar-refractivity contribution in [2.75, 3.05) is 18.8 Å². The SMILES string of the molecule is C[C@H]1C[C@H](C)CN(C(=O)CS(=O)(=O)c2ccccc2)C1. The maximum atomic E-state index is 12.2. The average molecular weight is 295 g/mol. The Bertz CT molecular complexity index is 558. The van der Waals surface area contributed by atoms with Gasteiger partial charge in [-0.2, -0.15) is 0 Å². The lowest BCUT2D eigenvalue weighted by Gasteiger charge is -2.35. The van der Waals surface area contributed by atoms with Crippen LogP contribution in [-0.4, -0.2) is 38.1 Å². The van der Waals surface area contributed by atoms with Gasteiger partial charge >= 0.3 is 0 Å². The molecule has 1 aliphatic heterocycles. The fourth-order valence-corrected chi connectivity index (χ4v) is 4.08. The number of hydrogen-bond acceptors (Lipinski definition) is 3. The summed E-state index contributed by atoms with van der Waals surface area (Å²) in [7, 11) is -3.54. The number of benzene rings is 1. The van der Waals surface area contributed by atoms with E-state index in [-0.39, 0.29) is 10.8 Å². The molecule has 1 aromatic rings. The molecule has 1 aliphatic rings. The maximum Gasteiger partial charge on any atom is 0.238 e. The summed E-state index contributed by atoms with van der Waals surface area (Å²) in [6.07, 6.45) is 1.09. The summed E-state index contributed by atoms with van der Waals surface area (Å²) < 4.78 is 24.4. The van der Waals surface area contributed by atoms with E-state index in [0.29, 0.717) is 24.9 Å². The number of sulfone groups is 1. The fourth-order valence-electron chi connectivity index (χ4n) is 2.83. The maximum absolute atomic E-state index is 12.2. The highest BCUT2D eigenvalue weighted by molar-refractivity contribution is 7.92. The molecule has 0 saturated carbocycles. The van der Waals surface area contributed by atoms with Crippen LogP contribution in [0.5, 0.6) is 0 Å². The van der Waals surface area contributed by atoms with E-state index in [0.717, 1.165) is 6.42 Å². The zero-order valence-electron chi connectivity index (χ0n) is 12.0. The van der Waals surface area contributed by atoms with Gasteiger partial charge in [-0.1, -0.05) is 32.0 Å². The molecular weight excluding hydrogens is 274 g/mol.